The largest absolute Gasteiger partial charge is 0.325 e. The van der Waals surface area contributed by atoms with Gasteiger partial charge >= 0.3 is 6.03 Å². The van der Waals surface area contributed by atoms with Gasteiger partial charge in [0.15, 0.2) is 5.54 Å². The molecule has 1 aliphatic heterocycles. The maximum atomic E-state index is 13.0. The number of likely N-dealkylation sites (tertiary alicyclic amines) is 1. The molecule has 1 atom stereocenters. The minimum Gasteiger partial charge on any atom is -0.325 e. The van der Waals surface area contributed by atoms with Gasteiger partial charge in [0.05, 0.1) is 21.7 Å². The first kappa shape index (κ1) is 23.8. The lowest BCUT2D eigenvalue weighted by atomic mass is 9.91. The Morgan fingerprint density at radius 2 is 1.94 bits per heavy atom. The number of nitrogens with zero attached hydrogens (tertiary/aromatic N) is 5. The zero-order chi connectivity index (χ0) is 23.5. The Bertz CT molecular complexity index is 1100. The molecular formula is C23H24Cl2N6O. The number of nitrogens with one attached hydrogen (secondary N) is 1. The summed E-state index contributed by atoms with van der Waals surface area (Å²) in [4.78, 5) is 20.9. The van der Waals surface area contributed by atoms with Gasteiger partial charge in [-0.05, 0) is 46.0 Å². The van der Waals surface area contributed by atoms with Gasteiger partial charge in [-0.25, -0.2) is 4.79 Å². The molecule has 0 bridgehead atoms. The van der Waals surface area contributed by atoms with Crippen LogP contribution in [0.1, 0.15) is 30.9 Å². The number of halogens is 2. The summed E-state index contributed by atoms with van der Waals surface area (Å²) >= 11 is 13.1. The molecule has 1 aliphatic rings. The van der Waals surface area contributed by atoms with Crippen LogP contribution in [0.2, 0.25) is 10.0 Å². The number of piperidine rings is 1. The summed E-state index contributed by atoms with van der Waals surface area (Å²) in [6.45, 7) is 3.44. The first-order valence-corrected chi connectivity index (χ1v) is 10.9. The third-order valence-corrected chi connectivity index (χ3v) is 6.82. The van der Waals surface area contributed by atoms with Crippen molar-refractivity contribution in [1.29, 1.82) is 10.5 Å². The van der Waals surface area contributed by atoms with E-state index < -0.39 is 5.54 Å². The highest BCUT2D eigenvalue weighted by Crippen LogP contribution is 2.39. The van der Waals surface area contributed by atoms with E-state index in [2.05, 4.69) is 28.3 Å². The van der Waals surface area contributed by atoms with E-state index in [0.717, 1.165) is 25.9 Å². The van der Waals surface area contributed by atoms with Crippen molar-refractivity contribution in [2.24, 2.45) is 0 Å². The number of hydrogen-bond donors (Lipinski definition) is 1. The molecule has 7 nitrogen and oxygen atoms in total. The monoisotopic (exact) mass is 470 g/mol. The number of pyridine rings is 1. The van der Waals surface area contributed by atoms with E-state index in [1.165, 1.54) is 6.20 Å². The van der Waals surface area contributed by atoms with E-state index in [-0.39, 0.29) is 22.1 Å². The average Bonchev–Trinajstić information content (AvgIpc) is 2.80. The number of carbonyl (C=O) groups excluding carboxylic acids is 1. The molecule has 2 aromatic rings. The fourth-order valence-electron chi connectivity index (χ4n) is 3.81. The zero-order valence-electron chi connectivity index (χ0n) is 18.2. The number of carbonyl (C=O) groups is 1. The highest BCUT2D eigenvalue weighted by Gasteiger charge is 2.35. The maximum absolute atomic E-state index is 13.0. The normalized spacial score (nSPS) is 16.5. The van der Waals surface area contributed by atoms with Crippen molar-refractivity contribution in [1.82, 2.24) is 20.1 Å². The summed E-state index contributed by atoms with van der Waals surface area (Å²) in [5, 5.41) is 22.3. The molecule has 1 saturated heterocycles. The first-order chi connectivity index (χ1) is 15.2. The van der Waals surface area contributed by atoms with Gasteiger partial charge in [-0.15, -0.1) is 0 Å². The molecule has 2 heterocycles. The summed E-state index contributed by atoms with van der Waals surface area (Å²) < 4.78 is 0. The van der Waals surface area contributed by atoms with Gasteiger partial charge in [0.2, 0.25) is 0 Å². The summed E-state index contributed by atoms with van der Waals surface area (Å²) in [6, 6.07) is 9.02. The second kappa shape index (κ2) is 9.75. The Hall–Kier alpha value is -2.84. The molecule has 0 radical (unpaired) electrons. The maximum Gasteiger partial charge on any atom is 0.318 e. The Balaban J connectivity index is 1.87. The number of rotatable bonds is 4. The van der Waals surface area contributed by atoms with Crippen LogP contribution in [-0.2, 0) is 5.54 Å². The van der Waals surface area contributed by atoms with Crippen LogP contribution >= 0.6 is 23.2 Å². The molecular weight excluding hydrogens is 447 g/mol. The van der Waals surface area contributed by atoms with Crippen LogP contribution in [0.4, 0.5) is 4.79 Å². The van der Waals surface area contributed by atoms with E-state index in [9.17, 15) is 10.1 Å². The Morgan fingerprint density at radius 3 is 2.56 bits per heavy atom. The van der Waals surface area contributed by atoms with Gasteiger partial charge in [0, 0.05) is 42.2 Å². The third kappa shape index (κ3) is 4.81. The van der Waals surface area contributed by atoms with Crippen molar-refractivity contribution in [2.45, 2.75) is 31.3 Å². The van der Waals surface area contributed by atoms with Gasteiger partial charge in [0.1, 0.15) is 6.07 Å². The van der Waals surface area contributed by atoms with Crippen LogP contribution in [0, 0.1) is 22.7 Å². The molecule has 0 spiro atoms. The van der Waals surface area contributed by atoms with E-state index in [0.29, 0.717) is 22.3 Å². The minimum atomic E-state index is -1.39. The van der Waals surface area contributed by atoms with Crippen molar-refractivity contribution in [2.75, 3.05) is 27.2 Å². The number of aromatic nitrogens is 1. The van der Waals surface area contributed by atoms with Crippen LogP contribution < -0.4 is 5.32 Å². The molecule has 0 aliphatic carbocycles. The Kier molecular flexibility index (Phi) is 7.26. The molecule has 1 N–H and O–H groups in total. The van der Waals surface area contributed by atoms with Crippen LogP contribution in [-0.4, -0.2) is 54.0 Å². The highest BCUT2D eigenvalue weighted by atomic mass is 35.5. The van der Waals surface area contributed by atoms with Crippen molar-refractivity contribution in [3.8, 4) is 23.3 Å². The molecule has 32 heavy (non-hydrogen) atoms. The number of hydrogen-bond acceptors (Lipinski definition) is 5. The van der Waals surface area contributed by atoms with Gasteiger partial charge in [0.25, 0.3) is 0 Å². The van der Waals surface area contributed by atoms with Crippen molar-refractivity contribution in [3.05, 3.63) is 51.8 Å². The molecule has 2 amide bonds. The van der Waals surface area contributed by atoms with Gasteiger partial charge in [-0.2, -0.15) is 10.5 Å². The SMILES string of the molecule is CN1CCC(N(C)C(=O)NC(C)(C#N)c2ccc(-c3cncc(C#N)c3)c(Cl)c2Cl)CC1. The molecule has 3 rings (SSSR count). The summed E-state index contributed by atoms with van der Waals surface area (Å²) in [5.41, 5.74) is 0.616. The average molecular weight is 471 g/mol. The van der Waals surface area contributed by atoms with Crippen molar-refractivity contribution < 1.29 is 4.79 Å². The first-order valence-electron chi connectivity index (χ1n) is 10.2. The lowest BCUT2D eigenvalue weighted by molar-refractivity contribution is 0.143. The third-order valence-electron chi connectivity index (χ3n) is 5.94. The van der Waals surface area contributed by atoms with Gasteiger partial charge < -0.3 is 15.1 Å². The fourth-order valence-corrected chi connectivity index (χ4v) is 4.44. The molecule has 166 valence electrons. The Labute approximate surface area is 198 Å². The zero-order valence-corrected chi connectivity index (χ0v) is 19.7. The summed E-state index contributed by atoms with van der Waals surface area (Å²) in [7, 11) is 3.81. The molecule has 1 fully saturated rings. The standard InChI is InChI=1S/C23H24Cl2N6O/c1-23(14-27,29-22(32)31(3)17-6-8-30(2)9-7-17)19-5-4-18(20(24)21(19)25)16-10-15(11-26)12-28-13-16/h4-5,10,12-13,17H,6-9H2,1-3H3,(H,29,32). The highest BCUT2D eigenvalue weighted by molar-refractivity contribution is 6.44. The second-order valence-electron chi connectivity index (χ2n) is 8.18. The van der Waals surface area contributed by atoms with E-state index >= 15 is 0 Å². The van der Waals surface area contributed by atoms with E-state index in [1.54, 1.807) is 43.3 Å². The summed E-state index contributed by atoms with van der Waals surface area (Å²) in [5.74, 6) is 0. The van der Waals surface area contributed by atoms with E-state index in [1.807, 2.05) is 6.07 Å². The number of urea groups is 1. The fraction of sp³-hybridized carbons (Fsp3) is 0.391. The second-order valence-corrected chi connectivity index (χ2v) is 8.93. The predicted octanol–water partition coefficient (Wildman–Crippen LogP) is 4.40. The smallest absolute Gasteiger partial charge is 0.318 e. The van der Waals surface area contributed by atoms with Crippen LogP contribution in [0.15, 0.2) is 30.6 Å². The van der Waals surface area contributed by atoms with Crippen LogP contribution in [0.25, 0.3) is 11.1 Å². The molecule has 1 aromatic heterocycles. The van der Waals surface area contributed by atoms with Crippen molar-refractivity contribution >= 4 is 29.2 Å². The predicted molar refractivity (Wildman–Crippen MR) is 124 cm³/mol. The van der Waals surface area contributed by atoms with E-state index in [4.69, 9.17) is 28.5 Å². The Morgan fingerprint density at radius 1 is 1.25 bits per heavy atom. The van der Waals surface area contributed by atoms with Gasteiger partial charge in [-0.1, -0.05) is 35.3 Å². The topological polar surface area (TPSA) is 96.0 Å². The molecule has 1 aromatic carbocycles. The quantitative estimate of drug-likeness (QED) is 0.713. The number of benzene rings is 1. The number of nitriles is 2. The van der Waals surface area contributed by atoms with Crippen LogP contribution in [0.5, 0.6) is 0 Å². The lowest BCUT2D eigenvalue weighted by Gasteiger charge is -2.36. The molecule has 9 heteroatoms. The number of amides is 2. The summed E-state index contributed by atoms with van der Waals surface area (Å²) in [6.07, 6.45) is 4.79. The molecule has 0 saturated carbocycles. The molecule has 1 unspecified atom stereocenters. The minimum absolute atomic E-state index is 0.107. The van der Waals surface area contributed by atoms with Crippen LogP contribution in [0.3, 0.4) is 0 Å². The lowest BCUT2D eigenvalue weighted by Crippen LogP contribution is -2.53. The van der Waals surface area contributed by atoms with Gasteiger partial charge in [-0.3, -0.25) is 4.98 Å². The van der Waals surface area contributed by atoms with Crippen molar-refractivity contribution in [3.63, 3.8) is 0 Å².